The highest BCUT2D eigenvalue weighted by Crippen LogP contribution is 2.30. The van der Waals surface area contributed by atoms with E-state index in [2.05, 4.69) is 9.80 Å². The molecule has 0 unspecified atom stereocenters. The van der Waals surface area contributed by atoms with Crippen LogP contribution in [0.15, 0.2) is 0 Å². The average molecular weight is 208 g/mol. The zero-order valence-electron chi connectivity index (χ0n) is 9.83. The molecule has 0 atom stereocenters. The number of hydrogen-bond donors (Lipinski definition) is 0. The van der Waals surface area contributed by atoms with E-state index < -0.39 is 0 Å². The first kappa shape index (κ1) is 10.1. The van der Waals surface area contributed by atoms with Gasteiger partial charge in [-0.1, -0.05) is 12.8 Å². The molecule has 3 rings (SSSR count). The summed E-state index contributed by atoms with van der Waals surface area (Å²) in [6, 6.07) is 0.952. The maximum Gasteiger partial charge on any atom is 0.0113 e. The predicted molar refractivity (Wildman–Crippen MR) is 63.0 cm³/mol. The van der Waals surface area contributed by atoms with Crippen LogP contribution in [0.5, 0.6) is 0 Å². The third-order valence-corrected chi connectivity index (χ3v) is 4.46. The molecule has 0 aromatic rings. The summed E-state index contributed by atoms with van der Waals surface area (Å²) >= 11 is 0. The van der Waals surface area contributed by atoms with E-state index in [1.54, 1.807) is 0 Å². The molecule has 2 nitrogen and oxygen atoms in total. The van der Waals surface area contributed by atoms with Gasteiger partial charge in [0, 0.05) is 38.8 Å². The Hall–Kier alpha value is -0.0800. The third-order valence-electron chi connectivity index (χ3n) is 4.46. The molecule has 0 aromatic heterocycles. The summed E-state index contributed by atoms with van der Waals surface area (Å²) in [5, 5.41) is 0. The second-order valence-corrected chi connectivity index (χ2v) is 5.72. The minimum absolute atomic E-state index is 0.952. The first-order chi connectivity index (χ1) is 7.42. The highest BCUT2D eigenvalue weighted by molar-refractivity contribution is 4.84. The second-order valence-electron chi connectivity index (χ2n) is 5.72. The lowest BCUT2D eigenvalue weighted by atomic mass is 10.2. The fraction of sp³-hybridized carbons (Fsp3) is 1.00. The summed E-state index contributed by atoms with van der Waals surface area (Å²) in [7, 11) is 0. The van der Waals surface area contributed by atoms with E-state index in [-0.39, 0.29) is 0 Å². The molecule has 0 amide bonds. The van der Waals surface area contributed by atoms with Crippen LogP contribution in [0, 0.1) is 5.92 Å². The second kappa shape index (κ2) is 4.42. The molecule has 1 saturated heterocycles. The molecule has 2 heteroatoms. The van der Waals surface area contributed by atoms with Gasteiger partial charge in [0.1, 0.15) is 0 Å². The molecule has 2 saturated carbocycles. The molecule has 0 spiro atoms. The quantitative estimate of drug-likeness (QED) is 0.699. The van der Waals surface area contributed by atoms with Gasteiger partial charge in [-0.05, 0) is 31.6 Å². The minimum atomic E-state index is 0.952. The van der Waals surface area contributed by atoms with Crippen LogP contribution in [0.25, 0.3) is 0 Å². The summed E-state index contributed by atoms with van der Waals surface area (Å²) in [6.45, 7) is 6.77. The van der Waals surface area contributed by atoms with Crippen LogP contribution in [0.2, 0.25) is 0 Å². The Balaban J connectivity index is 1.42. The van der Waals surface area contributed by atoms with Crippen LogP contribution in [-0.2, 0) is 0 Å². The number of piperazine rings is 1. The molecule has 0 bridgehead atoms. The SMILES string of the molecule is C1CCC(N2CCN(CC3CC3)CC2)C1. The Bertz CT molecular complexity index is 199. The summed E-state index contributed by atoms with van der Waals surface area (Å²) in [5.74, 6) is 1.07. The molecular formula is C13H24N2. The molecule has 1 heterocycles. The zero-order valence-corrected chi connectivity index (χ0v) is 9.83. The lowest BCUT2D eigenvalue weighted by Crippen LogP contribution is -2.50. The Labute approximate surface area is 93.6 Å². The minimum Gasteiger partial charge on any atom is -0.301 e. The van der Waals surface area contributed by atoms with E-state index in [0.29, 0.717) is 0 Å². The van der Waals surface area contributed by atoms with Crippen LogP contribution < -0.4 is 0 Å². The van der Waals surface area contributed by atoms with E-state index in [1.165, 1.54) is 71.2 Å². The van der Waals surface area contributed by atoms with Crippen LogP contribution >= 0.6 is 0 Å². The predicted octanol–water partition coefficient (Wildman–Crippen LogP) is 1.96. The molecule has 1 aliphatic heterocycles. The van der Waals surface area contributed by atoms with Gasteiger partial charge < -0.3 is 4.90 Å². The van der Waals surface area contributed by atoms with Crippen molar-refractivity contribution in [1.29, 1.82) is 0 Å². The van der Waals surface area contributed by atoms with Crippen molar-refractivity contribution in [3.05, 3.63) is 0 Å². The molecule has 86 valence electrons. The molecule has 2 aliphatic carbocycles. The highest BCUT2D eigenvalue weighted by atomic mass is 15.3. The molecule has 15 heavy (non-hydrogen) atoms. The first-order valence-corrected chi connectivity index (χ1v) is 6.88. The third kappa shape index (κ3) is 2.54. The fourth-order valence-corrected chi connectivity index (χ4v) is 3.25. The van der Waals surface area contributed by atoms with E-state index in [0.717, 1.165) is 12.0 Å². The van der Waals surface area contributed by atoms with Gasteiger partial charge in [0.15, 0.2) is 0 Å². The summed E-state index contributed by atoms with van der Waals surface area (Å²) in [5.41, 5.74) is 0. The summed E-state index contributed by atoms with van der Waals surface area (Å²) in [4.78, 5) is 5.46. The summed E-state index contributed by atoms with van der Waals surface area (Å²) < 4.78 is 0. The van der Waals surface area contributed by atoms with Crippen molar-refractivity contribution in [2.24, 2.45) is 5.92 Å². The Morgan fingerprint density at radius 3 is 2.07 bits per heavy atom. The number of hydrogen-bond acceptors (Lipinski definition) is 2. The lowest BCUT2D eigenvalue weighted by molar-refractivity contribution is 0.0951. The normalized spacial score (nSPS) is 31.2. The van der Waals surface area contributed by atoms with Crippen molar-refractivity contribution in [2.45, 2.75) is 44.6 Å². The maximum absolute atomic E-state index is 2.76. The van der Waals surface area contributed by atoms with Crippen LogP contribution in [0.1, 0.15) is 38.5 Å². The van der Waals surface area contributed by atoms with Crippen molar-refractivity contribution in [3.63, 3.8) is 0 Å². The van der Waals surface area contributed by atoms with Gasteiger partial charge in [0.2, 0.25) is 0 Å². The van der Waals surface area contributed by atoms with Gasteiger partial charge in [-0.3, -0.25) is 4.90 Å². The zero-order chi connectivity index (χ0) is 10.1. The summed E-state index contributed by atoms with van der Waals surface area (Å²) in [6.07, 6.45) is 8.91. The van der Waals surface area contributed by atoms with Gasteiger partial charge >= 0.3 is 0 Å². The lowest BCUT2D eigenvalue weighted by Gasteiger charge is -2.38. The van der Waals surface area contributed by atoms with E-state index in [9.17, 15) is 0 Å². The van der Waals surface area contributed by atoms with Gasteiger partial charge in [-0.25, -0.2) is 0 Å². The van der Waals surface area contributed by atoms with Crippen molar-refractivity contribution >= 4 is 0 Å². The van der Waals surface area contributed by atoms with Crippen molar-refractivity contribution in [3.8, 4) is 0 Å². The molecule has 0 aromatic carbocycles. The molecular weight excluding hydrogens is 184 g/mol. The topological polar surface area (TPSA) is 6.48 Å². The van der Waals surface area contributed by atoms with E-state index in [1.807, 2.05) is 0 Å². The monoisotopic (exact) mass is 208 g/mol. The maximum atomic E-state index is 2.76. The van der Waals surface area contributed by atoms with Gasteiger partial charge in [-0.2, -0.15) is 0 Å². The molecule has 3 fully saturated rings. The van der Waals surface area contributed by atoms with E-state index in [4.69, 9.17) is 0 Å². The molecule has 3 aliphatic rings. The number of rotatable bonds is 3. The standard InChI is InChI=1S/C13H24N2/c1-2-4-13(3-1)15-9-7-14(8-10-15)11-12-5-6-12/h12-13H,1-11H2. The smallest absolute Gasteiger partial charge is 0.0113 e. The van der Waals surface area contributed by atoms with Crippen molar-refractivity contribution in [2.75, 3.05) is 32.7 Å². The first-order valence-electron chi connectivity index (χ1n) is 6.88. The Morgan fingerprint density at radius 2 is 1.47 bits per heavy atom. The Morgan fingerprint density at radius 1 is 0.800 bits per heavy atom. The van der Waals surface area contributed by atoms with E-state index >= 15 is 0 Å². The highest BCUT2D eigenvalue weighted by Gasteiger charge is 2.29. The number of nitrogens with zero attached hydrogens (tertiary/aromatic N) is 2. The van der Waals surface area contributed by atoms with Crippen LogP contribution in [0.3, 0.4) is 0 Å². The molecule has 0 N–H and O–H groups in total. The van der Waals surface area contributed by atoms with Crippen molar-refractivity contribution in [1.82, 2.24) is 9.80 Å². The fourth-order valence-electron chi connectivity index (χ4n) is 3.25. The van der Waals surface area contributed by atoms with Crippen molar-refractivity contribution < 1.29 is 0 Å². The van der Waals surface area contributed by atoms with Gasteiger partial charge in [0.25, 0.3) is 0 Å². The Kier molecular flexibility index (Phi) is 2.98. The average Bonchev–Trinajstić information content (AvgIpc) is 2.92. The largest absolute Gasteiger partial charge is 0.301 e. The van der Waals surface area contributed by atoms with Gasteiger partial charge in [0.05, 0.1) is 0 Å². The van der Waals surface area contributed by atoms with Gasteiger partial charge in [-0.15, -0.1) is 0 Å². The molecule has 0 radical (unpaired) electrons. The van der Waals surface area contributed by atoms with Crippen LogP contribution in [0.4, 0.5) is 0 Å². The van der Waals surface area contributed by atoms with Crippen LogP contribution in [-0.4, -0.2) is 48.6 Å².